The molecule has 0 bridgehead atoms. The summed E-state index contributed by atoms with van der Waals surface area (Å²) in [5.41, 5.74) is 2.55. The van der Waals surface area contributed by atoms with E-state index in [0.29, 0.717) is 17.3 Å². The van der Waals surface area contributed by atoms with E-state index in [1.165, 1.54) is 0 Å². The van der Waals surface area contributed by atoms with Crippen LogP contribution in [0.15, 0.2) is 42.5 Å². The summed E-state index contributed by atoms with van der Waals surface area (Å²) < 4.78 is 5.54. The minimum atomic E-state index is -0.215. The number of aryl methyl sites for hydroxylation is 1. The van der Waals surface area contributed by atoms with Crippen molar-refractivity contribution in [2.75, 3.05) is 11.9 Å². The molecule has 0 saturated heterocycles. The fraction of sp³-hybridized carbons (Fsp3) is 0.333. The quantitative estimate of drug-likeness (QED) is 0.753. The number of anilines is 1. The Morgan fingerprint density at radius 1 is 1.19 bits per heavy atom. The van der Waals surface area contributed by atoms with Gasteiger partial charge in [-0.15, -0.1) is 0 Å². The van der Waals surface area contributed by atoms with Crippen molar-refractivity contribution < 1.29 is 14.3 Å². The summed E-state index contributed by atoms with van der Waals surface area (Å²) in [5.74, 6) is 0.638. The van der Waals surface area contributed by atoms with E-state index in [9.17, 15) is 9.59 Å². The third kappa shape index (κ3) is 5.47. The molecule has 142 valence electrons. The number of ether oxygens (including phenoxy) is 1. The van der Waals surface area contributed by atoms with E-state index in [4.69, 9.17) is 16.3 Å². The lowest BCUT2D eigenvalue weighted by Crippen LogP contribution is -2.29. The predicted molar refractivity (Wildman–Crippen MR) is 106 cm³/mol. The van der Waals surface area contributed by atoms with Gasteiger partial charge >= 0.3 is 0 Å². The number of benzene rings is 2. The molecular weight excluding hydrogens is 364 g/mol. The predicted octanol–water partition coefficient (Wildman–Crippen LogP) is 4.08. The number of carbonyl (C=O) groups is 2. The molecule has 0 spiro atoms. The molecule has 0 aromatic heterocycles. The molecular formula is C21H23ClN2O3. The van der Waals surface area contributed by atoms with Gasteiger partial charge in [-0.05, 0) is 61.2 Å². The Kier molecular flexibility index (Phi) is 6.35. The maximum atomic E-state index is 12.0. The van der Waals surface area contributed by atoms with Gasteiger partial charge in [0.1, 0.15) is 5.75 Å². The summed E-state index contributed by atoms with van der Waals surface area (Å²) in [7, 11) is 0. The number of nitrogens with one attached hydrogen (secondary N) is 2. The number of hydrogen-bond donors (Lipinski definition) is 2. The largest absolute Gasteiger partial charge is 0.484 e. The zero-order valence-corrected chi connectivity index (χ0v) is 16.0. The number of carbonyl (C=O) groups excluding carboxylic acids is 2. The highest BCUT2D eigenvalue weighted by atomic mass is 35.5. The number of amides is 2. The molecule has 2 aromatic rings. The van der Waals surface area contributed by atoms with Gasteiger partial charge in [-0.25, -0.2) is 0 Å². The molecule has 0 unspecified atom stereocenters. The highest BCUT2D eigenvalue weighted by molar-refractivity contribution is 6.30. The first kappa shape index (κ1) is 19.2. The second-order valence-corrected chi connectivity index (χ2v) is 7.23. The minimum absolute atomic E-state index is 0.0689. The molecule has 1 saturated carbocycles. The molecule has 0 heterocycles. The molecule has 5 nitrogen and oxygen atoms in total. The van der Waals surface area contributed by atoms with Gasteiger partial charge in [0.05, 0.1) is 0 Å². The van der Waals surface area contributed by atoms with Crippen molar-refractivity contribution in [3.05, 3.63) is 58.6 Å². The van der Waals surface area contributed by atoms with Crippen LogP contribution in [0, 0.1) is 12.8 Å². The normalized spacial score (nSPS) is 13.6. The van der Waals surface area contributed by atoms with Crippen molar-refractivity contribution in [1.29, 1.82) is 0 Å². The van der Waals surface area contributed by atoms with E-state index in [0.717, 1.165) is 36.1 Å². The van der Waals surface area contributed by atoms with Crippen LogP contribution in [0.5, 0.6) is 5.75 Å². The third-order valence-corrected chi connectivity index (χ3v) is 4.89. The first-order valence-electron chi connectivity index (χ1n) is 9.07. The molecule has 1 aliphatic carbocycles. The fourth-order valence-corrected chi connectivity index (χ4v) is 3.07. The molecule has 1 aliphatic rings. The molecule has 0 atom stereocenters. The van der Waals surface area contributed by atoms with Crippen LogP contribution in [0.25, 0.3) is 0 Å². The van der Waals surface area contributed by atoms with Gasteiger partial charge in [0.25, 0.3) is 5.91 Å². The molecule has 0 aliphatic heterocycles. The van der Waals surface area contributed by atoms with E-state index >= 15 is 0 Å². The van der Waals surface area contributed by atoms with Crippen molar-refractivity contribution in [1.82, 2.24) is 5.32 Å². The Labute approximate surface area is 164 Å². The standard InChI is InChI=1S/C21H23ClN2O3/c1-14-10-17(22)8-9-19(14)27-13-20(25)23-12-15-4-2-7-18(11-15)24-21(26)16-5-3-6-16/h2,4,7-11,16H,3,5-6,12-13H2,1H3,(H,23,25)(H,24,26). The lowest BCUT2D eigenvalue weighted by atomic mass is 9.85. The fourth-order valence-electron chi connectivity index (χ4n) is 2.84. The van der Waals surface area contributed by atoms with Gasteiger partial charge in [0.15, 0.2) is 6.61 Å². The Balaban J connectivity index is 1.46. The van der Waals surface area contributed by atoms with Crippen molar-refractivity contribution in [2.24, 2.45) is 5.92 Å². The van der Waals surface area contributed by atoms with Crippen LogP contribution in [0.1, 0.15) is 30.4 Å². The number of halogens is 1. The topological polar surface area (TPSA) is 67.4 Å². The minimum Gasteiger partial charge on any atom is -0.484 e. The Morgan fingerprint density at radius 3 is 2.70 bits per heavy atom. The first-order chi connectivity index (χ1) is 13.0. The van der Waals surface area contributed by atoms with Gasteiger partial charge in [-0.1, -0.05) is 30.2 Å². The SMILES string of the molecule is Cc1cc(Cl)ccc1OCC(=O)NCc1cccc(NC(=O)C2CCC2)c1. The van der Waals surface area contributed by atoms with Crippen molar-refractivity contribution in [2.45, 2.75) is 32.7 Å². The average Bonchev–Trinajstić information content (AvgIpc) is 2.58. The van der Waals surface area contributed by atoms with Crippen LogP contribution in [0.2, 0.25) is 5.02 Å². The summed E-state index contributed by atoms with van der Waals surface area (Å²) in [5, 5.41) is 6.40. The lowest BCUT2D eigenvalue weighted by Gasteiger charge is -2.24. The summed E-state index contributed by atoms with van der Waals surface area (Å²) in [6.45, 7) is 2.18. The number of rotatable bonds is 7. The Bertz CT molecular complexity index is 834. The Morgan fingerprint density at radius 2 is 2.00 bits per heavy atom. The van der Waals surface area contributed by atoms with E-state index < -0.39 is 0 Å². The summed E-state index contributed by atoms with van der Waals surface area (Å²) in [6.07, 6.45) is 3.06. The molecule has 2 amide bonds. The van der Waals surface area contributed by atoms with Crippen LogP contribution in [-0.2, 0) is 16.1 Å². The van der Waals surface area contributed by atoms with Crippen molar-refractivity contribution in [3.8, 4) is 5.75 Å². The molecule has 6 heteroatoms. The van der Waals surface area contributed by atoms with Crippen LogP contribution in [0.4, 0.5) is 5.69 Å². The number of hydrogen-bond acceptors (Lipinski definition) is 3. The molecule has 0 radical (unpaired) electrons. The van der Waals surface area contributed by atoms with Gasteiger partial charge < -0.3 is 15.4 Å². The second kappa shape index (κ2) is 8.91. The lowest BCUT2D eigenvalue weighted by molar-refractivity contribution is -0.123. The van der Waals surface area contributed by atoms with Crippen LogP contribution < -0.4 is 15.4 Å². The highest BCUT2D eigenvalue weighted by Gasteiger charge is 2.25. The summed E-state index contributed by atoms with van der Waals surface area (Å²) in [4.78, 5) is 24.1. The van der Waals surface area contributed by atoms with Gasteiger partial charge in [-0.3, -0.25) is 9.59 Å². The van der Waals surface area contributed by atoms with Gasteiger partial charge in [0, 0.05) is 23.2 Å². The van der Waals surface area contributed by atoms with Crippen molar-refractivity contribution >= 4 is 29.1 Å². The molecule has 27 heavy (non-hydrogen) atoms. The van der Waals surface area contributed by atoms with E-state index in [2.05, 4.69) is 10.6 Å². The molecule has 2 aromatic carbocycles. The summed E-state index contributed by atoms with van der Waals surface area (Å²) >= 11 is 5.91. The van der Waals surface area contributed by atoms with E-state index in [-0.39, 0.29) is 24.3 Å². The Hall–Kier alpha value is -2.53. The maximum absolute atomic E-state index is 12.0. The zero-order valence-electron chi connectivity index (χ0n) is 15.3. The maximum Gasteiger partial charge on any atom is 0.258 e. The van der Waals surface area contributed by atoms with Gasteiger partial charge in [-0.2, -0.15) is 0 Å². The van der Waals surface area contributed by atoms with Crippen LogP contribution in [-0.4, -0.2) is 18.4 Å². The molecule has 1 fully saturated rings. The second-order valence-electron chi connectivity index (χ2n) is 6.79. The monoisotopic (exact) mass is 386 g/mol. The van der Waals surface area contributed by atoms with Crippen LogP contribution >= 0.6 is 11.6 Å². The highest BCUT2D eigenvalue weighted by Crippen LogP contribution is 2.27. The van der Waals surface area contributed by atoms with E-state index in [1.54, 1.807) is 18.2 Å². The average molecular weight is 387 g/mol. The van der Waals surface area contributed by atoms with Crippen LogP contribution in [0.3, 0.4) is 0 Å². The van der Waals surface area contributed by atoms with Crippen molar-refractivity contribution in [3.63, 3.8) is 0 Å². The van der Waals surface area contributed by atoms with Gasteiger partial charge in [0.2, 0.25) is 5.91 Å². The summed E-state index contributed by atoms with van der Waals surface area (Å²) in [6, 6.07) is 12.8. The molecule has 3 rings (SSSR count). The third-order valence-electron chi connectivity index (χ3n) is 4.66. The van der Waals surface area contributed by atoms with E-state index in [1.807, 2.05) is 31.2 Å². The smallest absolute Gasteiger partial charge is 0.258 e. The molecule has 2 N–H and O–H groups in total. The first-order valence-corrected chi connectivity index (χ1v) is 9.44. The zero-order chi connectivity index (χ0) is 19.2.